The normalized spacial score (nSPS) is 15.4. The Labute approximate surface area is 168 Å². The summed E-state index contributed by atoms with van der Waals surface area (Å²) in [7, 11) is 7.63. The van der Waals surface area contributed by atoms with Gasteiger partial charge >= 0.3 is 5.63 Å². The van der Waals surface area contributed by atoms with E-state index in [2.05, 4.69) is 23.1 Å². The molecule has 5 nitrogen and oxygen atoms in total. The van der Waals surface area contributed by atoms with Crippen molar-refractivity contribution in [3.05, 3.63) is 70.6 Å². The molecular formula is C24H22N2O3. The zero-order chi connectivity index (χ0) is 20.3. The van der Waals surface area contributed by atoms with Gasteiger partial charge in [0.25, 0.3) is 0 Å². The third kappa shape index (κ3) is 2.54. The lowest BCUT2D eigenvalue weighted by atomic mass is 9.89. The van der Waals surface area contributed by atoms with Crippen LogP contribution in [0.4, 0.5) is 11.4 Å². The van der Waals surface area contributed by atoms with Gasteiger partial charge in [0.15, 0.2) is 6.23 Å². The maximum atomic E-state index is 12.8. The van der Waals surface area contributed by atoms with Gasteiger partial charge in [-0.15, -0.1) is 0 Å². The van der Waals surface area contributed by atoms with Gasteiger partial charge in [-0.1, -0.05) is 18.2 Å². The fraction of sp³-hybridized carbons (Fsp3) is 0.208. The Morgan fingerprint density at radius 1 is 0.966 bits per heavy atom. The molecule has 0 radical (unpaired) electrons. The van der Waals surface area contributed by atoms with Crippen molar-refractivity contribution >= 4 is 33.1 Å². The first-order chi connectivity index (χ1) is 14.0. The van der Waals surface area contributed by atoms with Gasteiger partial charge in [-0.25, -0.2) is 4.79 Å². The lowest BCUT2D eigenvalue weighted by molar-refractivity contribution is 0.103. The van der Waals surface area contributed by atoms with Crippen LogP contribution in [0.5, 0.6) is 0 Å². The van der Waals surface area contributed by atoms with Crippen molar-refractivity contribution in [1.82, 2.24) is 0 Å². The Morgan fingerprint density at radius 3 is 2.52 bits per heavy atom. The van der Waals surface area contributed by atoms with E-state index in [0.717, 1.165) is 38.8 Å². The Balaban J connectivity index is 1.88. The first-order valence-corrected chi connectivity index (χ1v) is 9.56. The van der Waals surface area contributed by atoms with Crippen LogP contribution in [0.25, 0.3) is 32.9 Å². The van der Waals surface area contributed by atoms with E-state index in [4.69, 9.17) is 9.15 Å². The SMILES string of the molecule is CO[C@H]1c2cc3c(=O)oc4cc(N(C)C)ccc4c3cc2-c2ccccc2N1C. The number of hydrogen-bond donors (Lipinski definition) is 0. The molecule has 1 aromatic heterocycles. The molecule has 4 aromatic rings. The van der Waals surface area contributed by atoms with Gasteiger partial charge < -0.3 is 19.0 Å². The minimum Gasteiger partial charge on any atom is -0.422 e. The van der Waals surface area contributed by atoms with E-state index in [9.17, 15) is 4.79 Å². The summed E-state index contributed by atoms with van der Waals surface area (Å²) in [6, 6.07) is 18.3. The van der Waals surface area contributed by atoms with E-state index >= 15 is 0 Å². The molecule has 3 aromatic carbocycles. The Kier molecular flexibility index (Phi) is 3.89. The number of hydrogen-bond acceptors (Lipinski definition) is 5. The van der Waals surface area contributed by atoms with Crippen LogP contribution in [0.3, 0.4) is 0 Å². The fourth-order valence-electron chi connectivity index (χ4n) is 4.33. The van der Waals surface area contributed by atoms with Crippen molar-refractivity contribution in [2.45, 2.75) is 6.23 Å². The van der Waals surface area contributed by atoms with E-state index in [0.29, 0.717) is 11.0 Å². The molecule has 5 heteroatoms. The predicted octanol–water partition coefficient (Wildman–Crippen LogP) is 4.77. The molecule has 0 unspecified atom stereocenters. The number of para-hydroxylation sites is 1. The highest BCUT2D eigenvalue weighted by molar-refractivity contribution is 6.07. The number of benzene rings is 3. The number of anilines is 2. The van der Waals surface area contributed by atoms with Crippen molar-refractivity contribution < 1.29 is 9.15 Å². The average molecular weight is 386 g/mol. The molecule has 0 saturated heterocycles. The zero-order valence-electron chi connectivity index (χ0n) is 16.9. The summed E-state index contributed by atoms with van der Waals surface area (Å²) in [5.74, 6) is 0. The minimum atomic E-state index is -0.331. The van der Waals surface area contributed by atoms with Crippen molar-refractivity contribution in [2.75, 3.05) is 38.1 Å². The number of methoxy groups -OCH3 is 1. The summed E-state index contributed by atoms with van der Waals surface area (Å²) >= 11 is 0. The summed E-state index contributed by atoms with van der Waals surface area (Å²) < 4.78 is 11.5. The second kappa shape index (κ2) is 6.36. The van der Waals surface area contributed by atoms with Gasteiger partial charge in [-0.2, -0.15) is 0 Å². The van der Waals surface area contributed by atoms with E-state index < -0.39 is 0 Å². The molecule has 0 amide bonds. The lowest BCUT2D eigenvalue weighted by Crippen LogP contribution is -2.29. The maximum absolute atomic E-state index is 12.8. The monoisotopic (exact) mass is 386 g/mol. The van der Waals surface area contributed by atoms with Crippen molar-refractivity contribution in [2.24, 2.45) is 0 Å². The van der Waals surface area contributed by atoms with E-state index in [1.165, 1.54) is 0 Å². The molecule has 0 saturated carbocycles. The van der Waals surface area contributed by atoms with Gasteiger partial charge in [-0.05, 0) is 35.9 Å². The second-order valence-electron chi connectivity index (χ2n) is 7.67. The van der Waals surface area contributed by atoms with Crippen LogP contribution in [-0.4, -0.2) is 28.3 Å². The molecule has 0 aliphatic carbocycles. The molecule has 0 bridgehead atoms. The molecule has 2 heterocycles. The second-order valence-corrected chi connectivity index (χ2v) is 7.67. The van der Waals surface area contributed by atoms with E-state index in [-0.39, 0.29) is 11.9 Å². The van der Waals surface area contributed by atoms with Crippen molar-refractivity contribution in [3.8, 4) is 11.1 Å². The topological polar surface area (TPSA) is 45.9 Å². The van der Waals surface area contributed by atoms with E-state index in [1.54, 1.807) is 7.11 Å². The largest absolute Gasteiger partial charge is 0.422 e. The van der Waals surface area contributed by atoms with Gasteiger partial charge in [0, 0.05) is 67.6 Å². The maximum Gasteiger partial charge on any atom is 0.344 e. The number of nitrogens with zero attached hydrogens (tertiary/aromatic N) is 2. The minimum absolute atomic E-state index is 0.268. The highest BCUT2D eigenvalue weighted by Crippen LogP contribution is 2.45. The third-order valence-electron chi connectivity index (χ3n) is 5.80. The molecule has 0 fully saturated rings. The molecule has 1 atom stereocenters. The smallest absolute Gasteiger partial charge is 0.344 e. The molecule has 146 valence electrons. The molecule has 0 N–H and O–H groups in total. The highest BCUT2D eigenvalue weighted by Gasteiger charge is 2.29. The molecule has 1 aliphatic heterocycles. The van der Waals surface area contributed by atoms with Crippen LogP contribution in [0.2, 0.25) is 0 Å². The van der Waals surface area contributed by atoms with Crippen LogP contribution >= 0.6 is 0 Å². The van der Waals surface area contributed by atoms with Crippen LogP contribution in [0, 0.1) is 0 Å². The van der Waals surface area contributed by atoms with Crippen LogP contribution in [0.1, 0.15) is 11.8 Å². The standard InChI is InChI=1S/C24H22N2O3/c1-25(2)14-9-10-16-18-12-17-15-7-5-6-8-21(15)26(3)23(28-4)19(17)13-20(18)24(27)29-22(16)11-14/h5-13,23H,1-4H3/t23-/m0/s1. The average Bonchev–Trinajstić information content (AvgIpc) is 2.73. The number of ether oxygens (including phenoxy) is 1. The van der Waals surface area contributed by atoms with Gasteiger partial charge in [0.05, 0.1) is 5.39 Å². The Morgan fingerprint density at radius 2 is 1.76 bits per heavy atom. The Hall–Kier alpha value is -3.31. The highest BCUT2D eigenvalue weighted by atomic mass is 16.5. The van der Waals surface area contributed by atoms with Crippen LogP contribution in [0.15, 0.2) is 63.8 Å². The summed E-state index contributed by atoms with van der Waals surface area (Å²) in [6.45, 7) is 0. The molecule has 0 spiro atoms. The summed E-state index contributed by atoms with van der Waals surface area (Å²) in [5, 5.41) is 2.40. The molecule has 29 heavy (non-hydrogen) atoms. The fourth-order valence-corrected chi connectivity index (χ4v) is 4.33. The first-order valence-electron chi connectivity index (χ1n) is 9.56. The molecule has 1 aliphatic rings. The quantitative estimate of drug-likeness (QED) is 0.367. The molecule has 5 rings (SSSR count). The van der Waals surface area contributed by atoms with Gasteiger partial charge in [0.2, 0.25) is 0 Å². The van der Waals surface area contributed by atoms with Crippen LogP contribution < -0.4 is 15.4 Å². The summed E-state index contributed by atoms with van der Waals surface area (Å²) in [4.78, 5) is 16.9. The summed E-state index contributed by atoms with van der Waals surface area (Å²) in [5.41, 5.74) is 5.55. The lowest BCUT2D eigenvalue weighted by Gasteiger charge is -2.36. The van der Waals surface area contributed by atoms with Crippen LogP contribution in [-0.2, 0) is 4.74 Å². The first kappa shape index (κ1) is 17.8. The van der Waals surface area contributed by atoms with Crippen molar-refractivity contribution in [3.63, 3.8) is 0 Å². The summed E-state index contributed by atoms with van der Waals surface area (Å²) in [6.07, 6.45) is -0.268. The zero-order valence-corrected chi connectivity index (χ0v) is 16.9. The third-order valence-corrected chi connectivity index (χ3v) is 5.80. The number of rotatable bonds is 2. The van der Waals surface area contributed by atoms with E-state index in [1.807, 2.05) is 62.4 Å². The molecular weight excluding hydrogens is 364 g/mol. The van der Waals surface area contributed by atoms with Gasteiger partial charge in [0.1, 0.15) is 5.58 Å². The number of fused-ring (bicyclic) bond motifs is 6. The predicted molar refractivity (Wildman–Crippen MR) is 118 cm³/mol. The van der Waals surface area contributed by atoms with Crippen molar-refractivity contribution in [1.29, 1.82) is 0 Å². The van der Waals surface area contributed by atoms with Gasteiger partial charge in [-0.3, -0.25) is 0 Å². The Bertz CT molecular complexity index is 1320.